The molecule has 0 radical (unpaired) electrons. The molecule has 0 aliphatic carbocycles. The molecule has 0 saturated heterocycles. The van der Waals surface area contributed by atoms with Gasteiger partial charge in [-0.3, -0.25) is 0 Å². The Labute approximate surface area is 480 Å². The van der Waals surface area contributed by atoms with Crippen molar-refractivity contribution in [3.63, 3.8) is 0 Å². The Bertz CT molecular complexity index is 3390. The second-order valence-corrected chi connectivity index (χ2v) is 32.5. The SMILES string of the molecule is c1ccc([Si](c2ccccc2)(c2ccccc2)c2ccc(-c3cc(-c4ccc([Si](c5ccccc5)(c5ccccc5)c5ccccc5)cc4)cc(-c4ccc([Si](c5ccccc5)(c5ccccc5)c5ccccc5)cc4)c3)cc2)cc1. The average molecular weight is 1080 g/mol. The zero-order chi connectivity index (χ0) is 54.3. The topological polar surface area (TPSA) is 0 Å². The van der Waals surface area contributed by atoms with E-state index >= 15 is 0 Å². The summed E-state index contributed by atoms with van der Waals surface area (Å²) in [6, 6.07) is 137. The van der Waals surface area contributed by atoms with E-state index in [4.69, 9.17) is 0 Å². The molecule has 3 heteroatoms. The first-order chi connectivity index (χ1) is 40.2. The van der Waals surface area contributed by atoms with Crippen LogP contribution in [0, 0.1) is 0 Å². The summed E-state index contributed by atoms with van der Waals surface area (Å²) in [4.78, 5) is 0. The molecule has 0 N–H and O–H groups in total. The molecule has 0 saturated carbocycles. The van der Waals surface area contributed by atoms with Crippen molar-refractivity contribution in [1.29, 1.82) is 0 Å². The lowest BCUT2D eigenvalue weighted by atomic mass is 9.93. The Morgan fingerprint density at radius 1 is 0.111 bits per heavy atom. The fourth-order valence-corrected chi connectivity index (χ4v) is 27.3. The predicted octanol–water partition coefficient (Wildman–Crippen LogP) is 10.8. The molecule has 81 heavy (non-hydrogen) atoms. The molecule has 0 spiro atoms. The van der Waals surface area contributed by atoms with Crippen molar-refractivity contribution in [2.24, 2.45) is 0 Å². The molecule has 13 aromatic rings. The fraction of sp³-hybridized carbons (Fsp3) is 0. The van der Waals surface area contributed by atoms with Gasteiger partial charge < -0.3 is 0 Å². The largest absolute Gasteiger partial charge is 0.179 e. The highest BCUT2D eigenvalue weighted by Gasteiger charge is 2.44. The molecule has 0 nitrogen and oxygen atoms in total. The van der Waals surface area contributed by atoms with Crippen LogP contribution < -0.4 is 62.2 Å². The fourth-order valence-electron chi connectivity index (χ4n) is 13.1. The normalized spacial score (nSPS) is 11.7. The third kappa shape index (κ3) is 9.31. The second kappa shape index (κ2) is 22.7. The van der Waals surface area contributed by atoms with Crippen LogP contribution in [0.1, 0.15) is 0 Å². The molecular formula is C78H60Si3. The molecule has 0 aliphatic rings. The number of benzene rings is 13. The van der Waals surface area contributed by atoms with Crippen molar-refractivity contribution in [1.82, 2.24) is 0 Å². The zero-order valence-electron chi connectivity index (χ0n) is 45.1. The van der Waals surface area contributed by atoms with Crippen molar-refractivity contribution in [3.8, 4) is 33.4 Å². The van der Waals surface area contributed by atoms with Crippen molar-refractivity contribution in [3.05, 3.63) is 364 Å². The van der Waals surface area contributed by atoms with Crippen LogP contribution in [0.4, 0.5) is 0 Å². The van der Waals surface area contributed by atoms with Gasteiger partial charge in [0.2, 0.25) is 0 Å². The number of rotatable bonds is 15. The minimum Gasteiger partial charge on any atom is -0.0623 e. The molecule has 384 valence electrons. The van der Waals surface area contributed by atoms with E-state index in [1.165, 1.54) is 95.6 Å². The number of hydrogen-bond acceptors (Lipinski definition) is 0. The third-order valence-electron chi connectivity index (χ3n) is 16.7. The summed E-state index contributed by atoms with van der Waals surface area (Å²) in [5, 5.41) is 16.3. The smallest absolute Gasteiger partial charge is 0.0623 e. The van der Waals surface area contributed by atoms with Crippen LogP contribution in [0.5, 0.6) is 0 Å². The summed E-state index contributed by atoms with van der Waals surface area (Å²) < 4.78 is 0. The van der Waals surface area contributed by atoms with Crippen molar-refractivity contribution in [2.75, 3.05) is 0 Å². The van der Waals surface area contributed by atoms with Crippen LogP contribution >= 0.6 is 0 Å². The first-order valence-corrected chi connectivity index (χ1v) is 34.1. The van der Waals surface area contributed by atoms with Gasteiger partial charge in [0, 0.05) is 0 Å². The van der Waals surface area contributed by atoms with Gasteiger partial charge in [-0.1, -0.05) is 346 Å². The maximum atomic E-state index is 2.42. The second-order valence-electron chi connectivity index (χ2n) is 21.1. The van der Waals surface area contributed by atoms with Gasteiger partial charge in [0.05, 0.1) is 0 Å². The van der Waals surface area contributed by atoms with E-state index < -0.39 is 24.2 Å². The Morgan fingerprint density at radius 3 is 0.370 bits per heavy atom. The van der Waals surface area contributed by atoms with E-state index in [0.29, 0.717) is 0 Å². The van der Waals surface area contributed by atoms with Crippen LogP contribution in [0.3, 0.4) is 0 Å². The molecule has 0 heterocycles. The molecular weight excluding hydrogens is 1020 g/mol. The van der Waals surface area contributed by atoms with Crippen molar-refractivity contribution < 1.29 is 0 Å². The van der Waals surface area contributed by atoms with E-state index in [2.05, 4.69) is 364 Å². The van der Waals surface area contributed by atoms with Crippen LogP contribution in [0.15, 0.2) is 364 Å². The summed E-state index contributed by atoms with van der Waals surface area (Å²) in [6.07, 6.45) is 0. The summed E-state index contributed by atoms with van der Waals surface area (Å²) in [5.74, 6) is 0. The minimum atomic E-state index is -2.73. The van der Waals surface area contributed by atoms with Crippen molar-refractivity contribution >= 4 is 86.5 Å². The molecule has 0 aliphatic heterocycles. The zero-order valence-corrected chi connectivity index (χ0v) is 48.1. The lowest BCUT2D eigenvalue weighted by Crippen LogP contribution is -2.74. The Kier molecular flexibility index (Phi) is 14.3. The molecule has 0 aromatic heterocycles. The standard InChI is InChI=1S/C78H60Si3/c1-10-28-67(29-11-1)79(68-30-12-2-13-31-68,69-32-14-3-15-33-69)76-52-46-61(47-53-76)64-58-65(62-48-54-77(55-49-62)80(70-34-16-4-17-35-70,71-36-18-5-19-37-71)72-38-20-6-21-39-72)60-66(59-64)63-50-56-78(57-51-63)81(73-40-22-7-23-41-73,74-42-24-8-25-43-74)75-44-26-9-27-45-75/h1-60H. The molecule has 0 fully saturated rings. The van der Waals surface area contributed by atoms with Crippen LogP contribution in [0.25, 0.3) is 33.4 Å². The first-order valence-electron chi connectivity index (χ1n) is 28.1. The highest BCUT2D eigenvalue weighted by atomic mass is 28.3. The van der Waals surface area contributed by atoms with Gasteiger partial charge >= 0.3 is 0 Å². The summed E-state index contributed by atoms with van der Waals surface area (Å²) in [6.45, 7) is 0. The minimum absolute atomic E-state index is 1.18. The molecule has 0 bridgehead atoms. The molecule has 0 unspecified atom stereocenters. The average Bonchev–Trinajstić information content (AvgIpc) is 3.64. The van der Waals surface area contributed by atoms with Gasteiger partial charge in [-0.25, -0.2) is 0 Å². The molecule has 13 aromatic carbocycles. The highest BCUT2D eigenvalue weighted by molar-refractivity contribution is 7.21. The van der Waals surface area contributed by atoms with Gasteiger partial charge in [0.1, 0.15) is 0 Å². The van der Waals surface area contributed by atoms with E-state index in [9.17, 15) is 0 Å². The molecule has 13 rings (SSSR count). The maximum Gasteiger partial charge on any atom is 0.179 e. The predicted molar refractivity (Wildman–Crippen MR) is 354 cm³/mol. The summed E-state index contributed by atoms with van der Waals surface area (Å²) in [5.41, 5.74) is 7.07. The van der Waals surface area contributed by atoms with Gasteiger partial charge in [-0.15, -0.1) is 0 Å². The Hall–Kier alpha value is -9.49. The number of hydrogen-bond donors (Lipinski definition) is 0. The Balaban J connectivity index is 0.984. The lowest BCUT2D eigenvalue weighted by Gasteiger charge is -2.34. The first kappa shape index (κ1) is 51.0. The summed E-state index contributed by atoms with van der Waals surface area (Å²) in [7, 11) is -8.20. The van der Waals surface area contributed by atoms with E-state index in [1.54, 1.807) is 0 Å². The van der Waals surface area contributed by atoms with Gasteiger partial charge in [0.25, 0.3) is 0 Å². The van der Waals surface area contributed by atoms with Gasteiger partial charge in [-0.2, -0.15) is 0 Å². The van der Waals surface area contributed by atoms with E-state index in [-0.39, 0.29) is 0 Å². The van der Waals surface area contributed by atoms with Crippen LogP contribution in [0.2, 0.25) is 0 Å². The lowest BCUT2D eigenvalue weighted by molar-refractivity contribution is 1.57. The summed E-state index contributed by atoms with van der Waals surface area (Å²) >= 11 is 0. The Morgan fingerprint density at radius 2 is 0.235 bits per heavy atom. The van der Waals surface area contributed by atoms with E-state index in [1.807, 2.05) is 0 Å². The van der Waals surface area contributed by atoms with Crippen LogP contribution in [-0.4, -0.2) is 24.2 Å². The van der Waals surface area contributed by atoms with E-state index in [0.717, 1.165) is 0 Å². The van der Waals surface area contributed by atoms with Gasteiger partial charge in [0.15, 0.2) is 24.2 Å². The maximum absolute atomic E-state index is 2.73. The monoisotopic (exact) mass is 1080 g/mol. The third-order valence-corrected chi connectivity index (χ3v) is 31.1. The van der Waals surface area contributed by atoms with Crippen LogP contribution in [-0.2, 0) is 0 Å². The molecule has 0 amide bonds. The van der Waals surface area contributed by atoms with Gasteiger partial charge in [-0.05, 0) is 114 Å². The van der Waals surface area contributed by atoms with Crippen molar-refractivity contribution in [2.45, 2.75) is 0 Å². The highest BCUT2D eigenvalue weighted by Crippen LogP contribution is 2.33. The quantitative estimate of drug-likeness (QED) is 0.0709. The molecule has 0 atom stereocenters.